The second-order valence-electron chi connectivity index (χ2n) is 7.76. The van der Waals surface area contributed by atoms with E-state index in [1.165, 1.54) is 36.2 Å². The Bertz CT molecular complexity index is 1330. The summed E-state index contributed by atoms with van der Waals surface area (Å²) in [5.74, 6) is -0.164. The molecule has 0 fully saturated rings. The number of aromatic nitrogens is 3. The van der Waals surface area contributed by atoms with Crippen molar-refractivity contribution in [2.75, 3.05) is 18.1 Å². The minimum atomic E-state index is -0.685. The number of amides is 3. The molecule has 1 aliphatic heterocycles. The molecule has 0 saturated heterocycles. The number of nitrogens with one attached hydrogen (secondary N) is 3. The van der Waals surface area contributed by atoms with Gasteiger partial charge >= 0.3 is 6.03 Å². The Balaban J connectivity index is 1.64. The zero-order chi connectivity index (χ0) is 23.7. The molecule has 11 heteroatoms. The monoisotopic (exact) mass is 450 g/mol. The molecular weight excluding hydrogens is 427 g/mol. The van der Waals surface area contributed by atoms with Gasteiger partial charge in [-0.05, 0) is 30.5 Å². The van der Waals surface area contributed by atoms with Crippen molar-refractivity contribution in [3.05, 3.63) is 53.9 Å². The fourth-order valence-electron chi connectivity index (χ4n) is 3.84. The van der Waals surface area contributed by atoms with Crippen molar-refractivity contribution < 1.29 is 14.0 Å². The van der Waals surface area contributed by atoms with Crippen molar-refractivity contribution >= 4 is 34.8 Å². The number of nitrogens with zero attached hydrogens (tertiary/aromatic N) is 4. The number of benzene rings is 1. The Morgan fingerprint density at radius 3 is 2.76 bits per heavy atom. The van der Waals surface area contributed by atoms with Crippen LogP contribution < -0.4 is 21.7 Å². The first kappa shape index (κ1) is 21.9. The molecule has 0 radical (unpaired) electrons. The number of fused-ring (bicyclic) bond motifs is 1. The van der Waals surface area contributed by atoms with Gasteiger partial charge in [0.1, 0.15) is 23.5 Å². The summed E-state index contributed by atoms with van der Waals surface area (Å²) in [6.07, 6.45) is 5.36. The lowest BCUT2D eigenvalue weighted by molar-refractivity contribution is 0.0963. The van der Waals surface area contributed by atoms with Crippen LogP contribution in [0.25, 0.3) is 16.6 Å². The third-order valence-electron chi connectivity index (χ3n) is 5.19. The molecule has 4 rings (SSSR count). The van der Waals surface area contributed by atoms with Crippen LogP contribution in [-0.4, -0.2) is 39.4 Å². The van der Waals surface area contributed by atoms with Gasteiger partial charge in [0.25, 0.3) is 5.91 Å². The largest absolute Gasteiger partial charge is 0.382 e. The third kappa shape index (κ3) is 4.38. The van der Waals surface area contributed by atoms with E-state index in [4.69, 9.17) is 5.73 Å². The second kappa shape index (κ2) is 8.69. The standard InChI is InChI=1S/C22H23FN8O2/c1-11-6-12(2)28-17(7-11)30-22(33)29-16-5-4-13(8-15(16)23)18-14(21(32)25-3)9-31-19(18)20(24)26-10-27-31/h4-6,8-11H,7H2,1-3H3,(H,25,32)(H2,24,26,27)(H2,28,29,30,33)/t11-/m1/s1. The van der Waals surface area contributed by atoms with E-state index in [1.807, 2.05) is 19.9 Å². The molecule has 0 bridgehead atoms. The molecule has 5 N–H and O–H groups in total. The molecule has 1 aliphatic rings. The first-order chi connectivity index (χ1) is 15.8. The highest BCUT2D eigenvalue weighted by Crippen LogP contribution is 2.34. The van der Waals surface area contributed by atoms with Crippen LogP contribution in [-0.2, 0) is 0 Å². The summed E-state index contributed by atoms with van der Waals surface area (Å²) in [6, 6.07) is 3.62. The fraction of sp³-hybridized carbons (Fsp3) is 0.227. The summed E-state index contributed by atoms with van der Waals surface area (Å²) >= 11 is 0. The van der Waals surface area contributed by atoms with Crippen LogP contribution in [0.4, 0.5) is 20.7 Å². The Labute approximate surface area is 188 Å². The maximum atomic E-state index is 15.0. The molecule has 3 heterocycles. The van der Waals surface area contributed by atoms with Crippen LogP contribution in [0, 0.1) is 11.7 Å². The molecule has 1 atom stereocenters. The average Bonchev–Trinajstić information content (AvgIpc) is 3.15. The van der Waals surface area contributed by atoms with Gasteiger partial charge < -0.3 is 16.4 Å². The zero-order valence-corrected chi connectivity index (χ0v) is 18.3. The lowest BCUT2D eigenvalue weighted by atomic mass is 10.0. The van der Waals surface area contributed by atoms with Crippen molar-refractivity contribution in [2.24, 2.45) is 10.9 Å². The Kier molecular flexibility index (Phi) is 5.78. The first-order valence-electron chi connectivity index (χ1n) is 10.2. The van der Waals surface area contributed by atoms with E-state index in [9.17, 15) is 14.0 Å². The molecule has 33 heavy (non-hydrogen) atoms. The molecule has 10 nitrogen and oxygen atoms in total. The molecule has 1 aromatic carbocycles. The molecule has 0 spiro atoms. The number of urea groups is 1. The number of halogens is 1. The summed E-state index contributed by atoms with van der Waals surface area (Å²) in [7, 11) is 1.49. The normalized spacial score (nSPS) is 15.6. The molecule has 0 unspecified atom stereocenters. The maximum Gasteiger partial charge on any atom is 0.324 e. The summed E-state index contributed by atoms with van der Waals surface area (Å²) in [5, 5.41) is 11.8. The van der Waals surface area contributed by atoms with Crippen molar-refractivity contribution in [1.82, 2.24) is 25.2 Å². The molecule has 2 aromatic heterocycles. The van der Waals surface area contributed by atoms with E-state index >= 15 is 0 Å². The summed E-state index contributed by atoms with van der Waals surface area (Å²) in [5.41, 5.74) is 8.20. The van der Waals surface area contributed by atoms with Crippen LogP contribution in [0.15, 0.2) is 47.5 Å². The summed E-state index contributed by atoms with van der Waals surface area (Å²) in [6.45, 7) is 3.87. The molecular formula is C22H23FN8O2. The lowest BCUT2D eigenvalue weighted by Crippen LogP contribution is -2.36. The minimum Gasteiger partial charge on any atom is -0.382 e. The van der Waals surface area contributed by atoms with Crippen LogP contribution >= 0.6 is 0 Å². The van der Waals surface area contributed by atoms with Crippen molar-refractivity contribution in [1.29, 1.82) is 0 Å². The number of hydrogen-bond donors (Lipinski definition) is 4. The average molecular weight is 450 g/mol. The van der Waals surface area contributed by atoms with Gasteiger partial charge in [-0.3, -0.25) is 10.1 Å². The van der Waals surface area contributed by atoms with Crippen LogP contribution in [0.3, 0.4) is 0 Å². The second-order valence-corrected chi connectivity index (χ2v) is 7.76. The minimum absolute atomic E-state index is 0.0257. The van der Waals surface area contributed by atoms with E-state index in [0.717, 1.165) is 5.70 Å². The molecule has 3 aromatic rings. The Morgan fingerprint density at radius 1 is 1.27 bits per heavy atom. The van der Waals surface area contributed by atoms with Gasteiger partial charge in [0.05, 0.1) is 11.3 Å². The van der Waals surface area contributed by atoms with Gasteiger partial charge in [-0.2, -0.15) is 5.10 Å². The Morgan fingerprint density at radius 2 is 2.06 bits per heavy atom. The number of carbonyl (C=O) groups is 2. The highest BCUT2D eigenvalue weighted by atomic mass is 19.1. The van der Waals surface area contributed by atoms with Gasteiger partial charge in [-0.15, -0.1) is 0 Å². The number of nitrogens with two attached hydrogens (primary N) is 1. The van der Waals surface area contributed by atoms with Gasteiger partial charge in [0, 0.05) is 30.9 Å². The SMILES string of the molecule is CNC(=O)c1cn2ncnc(N)c2c1-c1ccc(NC(=O)NC2=NC(C)=C[C@@H](C)C2)c(F)c1. The van der Waals surface area contributed by atoms with E-state index < -0.39 is 11.8 Å². The van der Waals surface area contributed by atoms with E-state index in [1.54, 1.807) is 6.07 Å². The van der Waals surface area contributed by atoms with Gasteiger partial charge in [0.2, 0.25) is 0 Å². The molecule has 0 saturated carbocycles. The van der Waals surface area contributed by atoms with Gasteiger partial charge in [-0.1, -0.05) is 19.1 Å². The van der Waals surface area contributed by atoms with E-state index in [0.29, 0.717) is 28.9 Å². The lowest BCUT2D eigenvalue weighted by Gasteiger charge is -2.17. The Hall–Kier alpha value is -4.28. The van der Waals surface area contributed by atoms with Crippen LogP contribution in [0.1, 0.15) is 30.6 Å². The quantitative estimate of drug-likeness (QED) is 0.486. The number of anilines is 2. The van der Waals surface area contributed by atoms with Crippen LogP contribution in [0.5, 0.6) is 0 Å². The number of nitrogen functional groups attached to an aromatic ring is 1. The van der Waals surface area contributed by atoms with Crippen molar-refractivity contribution in [3.8, 4) is 11.1 Å². The molecule has 3 amide bonds. The zero-order valence-electron chi connectivity index (χ0n) is 18.3. The van der Waals surface area contributed by atoms with Crippen molar-refractivity contribution in [3.63, 3.8) is 0 Å². The topological polar surface area (TPSA) is 139 Å². The van der Waals surface area contributed by atoms with E-state index in [-0.39, 0.29) is 28.9 Å². The van der Waals surface area contributed by atoms with Crippen molar-refractivity contribution in [2.45, 2.75) is 20.3 Å². The number of carbonyl (C=O) groups excluding carboxylic acids is 2. The summed E-state index contributed by atoms with van der Waals surface area (Å²) in [4.78, 5) is 33.1. The highest BCUT2D eigenvalue weighted by molar-refractivity contribution is 6.07. The van der Waals surface area contributed by atoms with Gasteiger partial charge in [0.15, 0.2) is 5.82 Å². The number of amidine groups is 1. The number of hydrogen-bond acceptors (Lipinski definition) is 6. The number of allylic oxidation sites excluding steroid dienone is 2. The smallest absolute Gasteiger partial charge is 0.324 e. The predicted octanol–water partition coefficient (Wildman–Crippen LogP) is 2.94. The number of aliphatic imine (C=N–C) groups is 1. The van der Waals surface area contributed by atoms with Crippen LogP contribution in [0.2, 0.25) is 0 Å². The maximum absolute atomic E-state index is 15.0. The third-order valence-corrected chi connectivity index (χ3v) is 5.19. The first-order valence-corrected chi connectivity index (χ1v) is 10.2. The molecule has 0 aliphatic carbocycles. The van der Waals surface area contributed by atoms with E-state index in [2.05, 4.69) is 31.0 Å². The predicted molar refractivity (Wildman–Crippen MR) is 123 cm³/mol. The number of rotatable bonds is 3. The molecule has 170 valence electrons. The van der Waals surface area contributed by atoms with Gasteiger partial charge in [-0.25, -0.2) is 23.7 Å². The highest BCUT2D eigenvalue weighted by Gasteiger charge is 2.22. The fourth-order valence-corrected chi connectivity index (χ4v) is 3.84. The summed E-state index contributed by atoms with van der Waals surface area (Å²) < 4.78 is 16.4.